The number of aromatic nitrogens is 3. The number of hydrogen-bond acceptors (Lipinski definition) is 11. The maximum absolute atomic E-state index is 13.7. The summed E-state index contributed by atoms with van der Waals surface area (Å²) in [4.78, 5) is 53.7. The minimum absolute atomic E-state index is 0.241. The van der Waals surface area contributed by atoms with Crippen LogP contribution in [-0.4, -0.2) is 105 Å². The number of anilines is 1. The molecule has 45 heavy (non-hydrogen) atoms. The minimum atomic E-state index is -4.63. The molecule has 14 nitrogen and oxygen atoms in total. The van der Waals surface area contributed by atoms with E-state index in [-0.39, 0.29) is 17.2 Å². The molecule has 0 spiro atoms. The molecular weight excluding hydrogens is 622 g/mol. The number of imidazole rings is 1. The zero-order valence-electron chi connectivity index (χ0n) is 25.0. The number of carboxylic acid groups (broad SMARTS) is 1. The van der Waals surface area contributed by atoms with Crippen LogP contribution in [0, 0.1) is 6.92 Å². The number of rotatable bonds is 9. The van der Waals surface area contributed by atoms with Crippen LogP contribution in [0.2, 0.25) is 0 Å². The van der Waals surface area contributed by atoms with Gasteiger partial charge in [-0.1, -0.05) is 18.2 Å². The Bertz CT molecular complexity index is 1640. The minimum Gasteiger partial charge on any atom is -0.480 e. The lowest BCUT2D eigenvalue weighted by molar-refractivity contribution is -0.146. The number of aromatic amines is 1. The number of nitrogens with one attached hydrogen (secondary N) is 2. The maximum Gasteiger partial charge on any atom is 0.415 e. The second kappa shape index (κ2) is 13.1. The van der Waals surface area contributed by atoms with Crippen molar-refractivity contribution in [2.45, 2.75) is 49.2 Å². The van der Waals surface area contributed by atoms with Gasteiger partial charge in [-0.3, -0.25) is 10.1 Å². The van der Waals surface area contributed by atoms with Crippen molar-refractivity contribution in [2.24, 2.45) is 0 Å². The van der Waals surface area contributed by atoms with Gasteiger partial charge in [-0.05, 0) is 50.6 Å². The number of sulfonamides is 1. The average molecular weight is 658 g/mol. The molecule has 0 bridgehead atoms. The van der Waals surface area contributed by atoms with E-state index in [2.05, 4.69) is 25.2 Å². The first-order valence-electron chi connectivity index (χ1n) is 14.3. The van der Waals surface area contributed by atoms with Gasteiger partial charge in [-0.2, -0.15) is 8.42 Å². The van der Waals surface area contributed by atoms with Crippen LogP contribution >= 0.6 is 11.8 Å². The molecule has 1 aromatic carbocycles. The van der Waals surface area contributed by atoms with Crippen molar-refractivity contribution in [1.82, 2.24) is 29.5 Å². The third-order valence-corrected chi connectivity index (χ3v) is 10.7. The van der Waals surface area contributed by atoms with E-state index < -0.39 is 44.9 Å². The molecular formula is C29H35N7O7S2. The number of aryl methyl sites for hydroxylation is 1. The first kappa shape index (κ1) is 32.2. The quantitative estimate of drug-likeness (QED) is 0.306. The molecule has 2 aliphatic heterocycles. The fourth-order valence-corrected chi connectivity index (χ4v) is 7.97. The summed E-state index contributed by atoms with van der Waals surface area (Å²) in [5.41, 5.74) is -0.0312. The molecule has 0 radical (unpaired) electrons. The molecule has 2 fully saturated rings. The van der Waals surface area contributed by atoms with Crippen LogP contribution in [0.1, 0.15) is 25.2 Å². The third kappa shape index (κ3) is 7.40. The van der Waals surface area contributed by atoms with Crippen LogP contribution in [0.3, 0.4) is 0 Å². The van der Waals surface area contributed by atoms with Crippen LogP contribution in [-0.2, 0) is 26.0 Å². The first-order valence-corrected chi connectivity index (χ1v) is 16.8. The van der Waals surface area contributed by atoms with Gasteiger partial charge in [0.15, 0.2) is 5.03 Å². The summed E-state index contributed by atoms with van der Waals surface area (Å²) < 4.78 is 33.4. The van der Waals surface area contributed by atoms with Crippen molar-refractivity contribution in [3.63, 3.8) is 0 Å². The Hall–Kier alpha value is -4.15. The Morgan fingerprint density at radius 2 is 1.82 bits per heavy atom. The van der Waals surface area contributed by atoms with E-state index in [1.807, 2.05) is 32.0 Å². The van der Waals surface area contributed by atoms with Crippen LogP contribution in [0.15, 0.2) is 59.9 Å². The number of carbonyl (C=O) groups is 3. The number of H-pyrrole nitrogens is 1. The molecule has 3 aromatic rings. The molecule has 5 rings (SSSR count). The highest BCUT2D eigenvalue weighted by atomic mass is 32.2. The Morgan fingerprint density at radius 1 is 1.11 bits per heavy atom. The fraction of sp³-hybridized carbons (Fsp3) is 0.414. The lowest BCUT2D eigenvalue weighted by Crippen LogP contribution is -2.55. The van der Waals surface area contributed by atoms with E-state index in [0.29, 0.717) is 47.6 Å². The zero-order valence-corrected chi connectivity index (χ0v) is 26.7. The highest BCUT2D eigenvalue weighted by Crippen LogP contribution is 2.31. The highest BCUT2D eigenvalue weighted by molar-refractivity contribution is 8.01. The summed E-state index contributed by atoms with van der Waals surface area (Å²) in [6, 6.07) is 10.00. The summed E-state index contributed by atoms with van der Waals surface area (Å²) in [6.07, 6.45) is 1.94. The van der Waals surface area contributed by atoms with Gasteiger partial charge in [0.25, 0.3) is 15.9 Å². The number of carboxylic acids is 1. The van der Waals surface area contributed by atoms with Crippen molar-refractivity contribution in [2.75, 3.05) is 36.8 Å². The number of carbonyl (C=O) groups excluding carboxylic acids is 2. The summed E-state index contributed by atoms with van der Waals surface area (Å²) in [5, 5.41) is 12.0. The van der Waals surface area contributed by atoms with Gasteiger partial charge in [0.2, 0.25) is 0 Å². The summed E-state index contributed by atoms with van der Waals surface area (Å²) in [6.45, 7) is 7.40. The van der Waals surface area contributed by atoms with Gasteiger partial charge in [0.05, 0.1) is 6.20 Å². The van der Waals surface area contributed by atoms with Gasteiger partial charge >= 0.3 is 12.1 Å². The molecule has 2 saturated heterocycles. The standard InChI is InChI=1S/C29H35N7O7S2/c1-19-31-17-24(32-19)45(41,42)36(26(37)25-33-29(2,3)18-44-25)22(27(38)39)16-20-7-9-21(10-8-20)43-28(40)35-14-12-34(13-15-35)23-6-4-5-11-30-23/h4-11,17,22,25,33H,12-16,18H2,1-3H3,(H,31,32)(H,38,39)/t22-,25-/m0/s1. The average Bonchev–Trinajstić information content (AvgIpc) is 3.63. The number of nitrogens with zero attached hydrogens (tertiary/aromatic N) is 5. The predicted molar refractivity (Wildman–Crippen MR) is 166 cm³/mol. The molecule has 2 amide bonds. The van der Waals surface area contributed by atoms with E-state index in [9.17, 15) is 27.9 Å². The summed E-state index contributed by atoms with van der Waals surface area (Å²) in [5.74, 6) is -0.480. The van der Waals surface area contributed by atoms with Crippen LogP contribution < -0.4 is 15.0 Å². The first-order chi connectivity index (χ1) is 21.3. The number of thioether (sulfide) groups is 1. The second-order valence-electron chi connectivity index (χ2n) is 11.4. The predicted octanol–water partition coefficient (Wildman–Crippen LogP) is 2.09. The van der Waals surface area contributed by atoms with Crippen molar-refractivity contribution in [1.29, 1.82) is 0 Å². The fourth-order valence-electron chi connectivity index (χ4n) is 5.07. The van der Waals surface area contributed by atoms with E-state index in [1.165, 1.54) is 23.9 Å². The van der Waals surface area contributed by atoms with Gasteiger partial charge in [0.1, 0.15) is 28.8 Å². The Kier molecular flexibility index (Phi) is 9.36. The maximum atomic E-state index is 13.7. The van der Waals surface area contributed by atoms with Crippen LogP contribution in [0.25, 0.3) is 0 Å². The van der Waals surface area contributed by atoms with Gasteiger partial charge < -0.3 is 24.6 Å². The molecule has 0 saturated carbocycles. The molecule has 3 N–H and O–H groups in total. The number of benzene rings is 1. The number of aliphatic carboxylic acids is 1. The Morgan fingerprint density at radius 3 is 2.38 bits per heavy atom. The second-order valence-corrected chi connectivity index (χ2v) is 14.3. The number of hydrogen-bond donors (Lipinski definition) is 3. The highest BCUT2D eigenvalue weighted by Gasteiger charge is 2.46. The van der Waals surface area contributed by atoms with E-state index in [4.69, 9.17) is 4.74 Å². The molecule has 2 atom stereocenters. The van der Waals surface area contributed by atoms with E-state index >= 15 is 0 Å². The van der Waals surface area contributed by atoms with Gasteiger partial charge in [-0.25, -0.2) is 23.9 Å². The number of pyridine rings is 1. The Balaban J connectivity index is 1.29. The molecule has 240 valence electrons. The third-order valence-electron chi connectivity index (χ3n) is 7.43. The van der Waals surface area contributed by atoms with E-state index in [1.54, 1.807) is 30.2 Å². The largest absolute Gasteiger partial charge is 0.480 e. The molecule has 16 heteroatoms. The monoisotopic (exact) mass is 657 g/mol. The van der Waals surface area contributed by atoms with E-state index in [0.717, 1.165) is 12.0 Å². The van der Waals surface area contributed by atoms with Crippen molar-refractivity contribution >= 4 is 45.6 Å². The van der Waals surface area contributed by atoms with Crippen molar-refractivity contribution < 1.29 is 32.6 Å². The molecule has 2 aromatic heterocycles. The van der Waals surface area contributed by atoms with Crippen LogP contribution in [0.5, 0.6) is 5.75 Å². The molecule has 0 unspecified atom stereocenters. The molecule has 0 aliphatic carbocycles. The summed E-state index contributed by atoms with van der Waals surface area (Å²) >= 11 is 1.21. The lowest BCUT2D eigenvalue weighted by Gasteiger charge is -2.34. The summed E-state index contributed by atoms with van der Waals surface area (Å²) in [7, 11) is -4.63. The normalized spacial score (nSPS) is 18.8. The molecule has 4 heterocycles. The lowest BCUT2D eigenvalue weighted by atomic mass is 10.1. The van der Waals surface area contributed by atoms with Gasteiger partial charge in [0, 0.05) is 50.1 Å². The van der Waals surface area contributed by atoms with Crippen molar-refractivity contribution in [3.8, 4) is 5.75 Å². The smallest absolute Gasteiger partial charge is 0.415 e. The SMILES string of the molecule is Cc1ncc(S(=O)(=O)N(C(=O)[C@H]2NC(C)(C)CS2)[C@@H](Cc2ccc(OC(=O)N3CCN(c4ccccn4)CC3)cc2)C(=O)O)[nH]1. The number of amides is 2. The topological polar surface area (TPSA) is 178 Å². The van der Waals surface area contributed by atoms with Gasteiger partial charge in [-0.15, -0.1) is 11.8 Å². The zero-order chi connectivity index (χ0) is 32.4. The number of ether oxygens (including phenoxy) is 1. The van der Waals surface area contributed by atoms with Crippen molar-refractivity contribution in [3.05, 3.63) is 66.2 Å². The Labute approximate surface area is 265 Å². The number of piperazine rings is 1. The molecule has 2 aliphatic rings. The van der Waals surface area contributed by atoms with Crippen LogP contribution in [0.4, 0.5) is 10.6 Å².